The van der Waals surface area contributed by atoms with Crippen LogP contribution in [0.2, 0.25) is 0 Å². The van der Waals surface area contributed by atoms with Crippen LogP contribution in [0, 0.1) is 0 Å². The Morgan fingerprint density at radius 3 is 2.60 bits per heavy atom. The van der Waals surface area contributed by atoms with Crippen LogP contribution in [-0.2, 0) is 4.74 Å². The van der Waals surface area contributed by atoms with E-state index >= 15 is 0 Å². The summed E-state index contributed by atoms with van der Waals surface area (Å²) in [5.41, 5.74) is 5.25. The molecule has 0 saturated carbocycles. The molecule has 0 heterocycles. The van der Waals surface area contributed by atoms with E-state index in [9.17, 15) is 4.79 Å². The second-order valence-electron chi connectivity index (χ2n) is 1.84. The van der Waals surface area contributed by atoms with Gasteiger partial charge in [0.25, 0.3) is 0 Å². The van der Waals surface area contributed by atoms with E-state index in [1.54, 1.807) is 4.90 Å². The average molecular weight is 146 g/mol. The Hall–Kier alpha value is -0.770. The summed E-state index contributed by atoms with van der Waals surface area (Å²) >= 11 is 0. The van der Waals surface area contributed by atoms with Gasteiger partial charge in [-0.25, -0.2) is 4.79 Å². The van der Waals surface area contributed by atoms with Gasteiger partial charge < -0.3 is 15.4 Å². The van der Waals surface area contributed by atoms with Crippen LogP contribution < -0.4 is 5.73 Å². The van der Waals surface area contributed by atoms with E-state index in [1.165, 1.54) is 7.11 Å². The summed E-state index contributed by atoms with van der Waals surface area (Å²) < 4.78 is 4.49. The van der Waals surface area contributed by atoms with Crippen molar-refractivity contribution in [2.24, 2.45) is 5.73 Å². The molecule has 0 radical (unpaired) electrons. The highest BCUT2D eigenvalue weighted by Gasteiger charge is 2.08. The molecule has 60 valence electrons. The smallest absolute Gasteiger partial charge is 0.409 e. The van der Waals surface area contributed by atoms with Crippen LogP contribution >= 0.6 is 0 Å². The molecule has 0 rings (SSSR count). The summed E-state index contributed by atoms with van der Waals surface area (Å²) in [7, 11) is 1.36. The first-order valence-electron chi connectivity index (χ1n) is 3.29. The number of nitrogens with two attached hydrogens (primary N) is 1. The van der Waals surface area contributed by atoms with E-state index in [2.05, 4.69) is 4.74 Å². The zero-order valence-corrected chi connectivity index (χ0v) is 6.46. The summed E-state index contributed by atoms with van der Waals surface area (Å²) in [6.45, 7) is 3.56. The quantitative estimate of drug-likeness (QED) is 0.611. The molecule has 1 amide bonds. The molecule has 0 aliphatic rings. The summed E-state index contributed by atoms with van der Waals surface area (Å²) in [6, 6.07) is 0. The van der Waals surface area contributed by atoms with E-state index in [1.807, 2.05) is 6.92 Å². The minimum absolute atomic E-state index is 0.312. The first-order chi connectivity index (χ1) is 4.76. The van der Waals surface area contributed by atoms with Crippen LogP contribution in [0.4, 0.5) is 4.79 Å². The third-order valence-electron chi connectivity index (χ3n) is 1.21. The van der Waals surface area contributed by atoms with Gasteiger partial charge in [-0.1, -0.05) is 0 Å². The minimum atomic E-state index is -0.312. The van der Waals surface area contributed by atoms with Crippen LogP contribution in [0.25, 0.3) is 0 Å². The SMILES string of the molecule is CCN(CCN)C(=O)OC. The van der Waals surface area contributed by atoms with Crippen LogP contribution in [0.5, 0.6) is 0 Å². The highest BCUT2D eigenvalue weighted by Crippen LogP contribution is 1.89. The second kappa shape index (κ2) is 5.05. The molecule has 0 unspecified atom stereocenters. The zero-order chi connectivity index (χ0) is 7.98. The van der Waals surface area contributed by atoms with Crippen molar-refractivity contribution >= 4 is 6.09 Å². The highest BCUT2D eigenvalue weighted by atomic mass is 16.5. The maximum absolute atomic E-state index is 10.8. The van der Waals surface area contributed by atoms with Gasteiger partial charge in [-0.2, -0.15) is 0 Å². The molecule has 0 fully saturated rings. The maximum Gasteiger partial charge on any atom is 0.409 e. The second-order valence-corrected chi connectivity index (χ2v) is 1.84. The molecule has 4 heteroatoms. The highest BCUT2D eigenvalue weighted by molar-refractivity contribution is 5.67. The third kappa shape index (κ3) is 2.68. The van der Waals surface area contributed by atoms with Gasteiger partial charge in [-0.3, -0.25) is 0 Å². The number of carbonyl (C=O) groups is 1. The fourth-order valence-corrected chi connectivity index (χ4v) is 0.663. The number of amides is 1. The molecule has 0 bridgehead atoms. The molecule has 4 nitrogen and oxygen atoms in total. The Morgan fingerprint density at radius 2 is 2.30 bits per heavy atom. The van der Waals surface area contributed by atoms with E-state index in [4.69, 9.17) is 5.73 Å². The van der Waals surface area contributed by atoms with E-state index in [0.717, 1.165) is 0 Å². The predicted octanol–water partition coefficient (Wildman–Crippen LogP) is 0.0334. The number of rotatable bonds is 3. The Morgan fingerprint density at radius 1 is 1.70 bits per heavy atom. The Labute approximate surface area is 60.9 Å². The number of hydrogen-bond acceptors (Lipinski definition) is 3. The summed E-state index contributed by atoms with van der Waals surface area (Å²) in [5.74, 6) is 0. The fraction of sp³-hybridized carbons (Fsp3) is 0.833. The topological polar surface area (TPSA) is 55.6 Å². The predicted molar refractivity (Wildman–Crippen MR) is 38.7 cm³/mol. The lowest BCUT2D eigenvalue weighted by molar-refractivity contribution is 0.127. The molecule has 0 aromatic rings. The number of carbonyl (C=O) groups excluding carboxylic acids is 1. The molecule has 2 N–H and O–H groups in total. The van der Waals surface area contributed by atoms with Crippen molar-refractivity contribution < 1.29 is 9.53 Å². The molecular formula is C6H14N2O2. The Kier molecular flexibility index (Phi) is 4.66. The molecule has 0 atom stereocenters. The number of hydrogen-bond donors (Lipinski definition) is 1. The van der Waals surface area contributed by atoms with Crippen LogP contribution in [0.15, 0.2) is 0 Å². The van der Waals surface area contributed by atoms with Gasteiger partial charge in [0.15, 0.2) is 0 Å². The lowest BCUT2D eigenvalue weighted by Crippen LogP contribution is -2.34. The van der Waals surface area contributed by atoms with E-state index in [-0.39, 0.29) is 6.09 Å². The van der Waals surface area contributed by atoms with Gasteiger partial charge in [0, 0.05) is 19.6 Å². The first kappa shape index (κ1) is 9.23. The molecular weight excluding hydrogens is 132 g/mol. The van der Waals surface area contributed by atoms with E-state index in [0.29, 0.717) is 19.6 Å². The summed E-state index contributed by atoms with van der Waals surface area (Å²) in [4.78, 5) is 12.3. The number of ether oxygens (including phenoxy) is 1. The normalized spacial score (nSPS) is 9.10. The van der Waals surface area contributed by atoms with Crippen molar-refractivity contribution in [3.8, 4) is 0 Å². The van der Waals surface area contributed by atoms with Gasteiger partial charge in [0.05, 0.1) is 7.11 Å². The van der Waals surface area contributed by atoms with Gasteiger partial charge in [-0.05, 0) is 6.92 Å². The molecule has 0 spiro atoms. The summed E-state index contributed by atoms with van der Waals surface area (Å²) in [6.07, 6.45) is -0.312. The van der Waals surface area contributed by atoms with E-state index < -0.39 is 0 Å². The average Bonchev–Trinajstić information content (AvgIpc) is 1.99. The van der Waals surface area contributed by atoms with Crippen molar-refractivity contribution in [3.05, 3.63) is 0 Å². The number of likely N-dealkylation sites (N-methyl/N-ethyl adjacent to an activating group) is 1. The van der Waals surface area contributed by atoms with Crippen molar-refractivity contribution in [2.75, 3.05) is 26.7 Å². The minimum Gasteiger partial charge on any atom is -0.453 e. The zero-order valence-electron chi connectivity index (χ0n) is 6.46. The third-order valence-corrected chi connectivity index (χ3v) is 1.21. The molecule has 0 saturated heterocycles. The maximum atomic E-state index is 10.8. The molecule has 0 aromatic heterocycles. The van der Waals surface area contributed by atoms with Gasteiger partial charge >= 0.3 is 6.09 Å². The van der Waals surface area contributed by atoms with Crippen LogP contribution in [0.3, 0.4) is 0 Å². The van der Waals surface area contributed by atoms with Crippen molar-refractivity contribution in [3.63, 3.8) is 0 Å². The monoisotopic (exact) mass is 146 g/mol. The van der Waals surface area contributed by atoms with Gasteiger partial charge in [0.2, 0.25) is 0 Å². The molecule has 0 aliphatic heterocycles. The van der Waals surface area contributed by atoms with Crippen molar-refractivity contribution in [2.45, 2.75) is 6.92 Å². The molecule has 0 aliphatic carbocycles. The van der Waals surface area contributed by atoms with Crippen LogP contribution in [0.1, 0.15) is 6.92 Å². The molecule has 10 heavy (non-hydrogen) atoms. The van der Waals surface area contributed by atoms with Gasteiger partial charge in [0.1, 0.15) is 0 Å². The Bertz CT molecular complexity index is 106. The molecule has 0 aromatic carbocycles. The fourth-order valence-electron chi connectivity index (χ4n) is 0.663. The number of nitrogens with zero attached hydrogens (tertiary/aromatic N) is 1. The number of methoxy groups -OCH3 is 1. The standard InChI is InChI=1S/C6H14N2O2/c1-3-8(5-4-7)6(9)10-2/h3-5,7H2,1-2H3. The lowest BCUT2D eigenvalue weighted by atomic mass is 10.5. The summed E-state index contributed by atoms with van der Waals surface area (Å²) in [5, 5.41) is 0. The largest absolute Gasteiger partial charge is 0.453 e. The lowest BCUT2D eigenvalue weighted by Gasteiger charge is -2.17. The Balaban J connectivity index is 3.68. The van der Waals surface area contributed by atoms with Gasteiger partial charge in [-0.15, -0.1) is 0 Å². The van der Waals surface area contributed by atoms with Crippen LogP contribution in [-0.4, -0.2) is 37.7 Å². The first-order valence-corrected chi connectivity index (χ1v) is 3.29. The van der Waals surface area contributed by atoms with Crippen molar-refractivity contribution in [1.29, 1.82) is 0 Å². The van der Waals surface area contributed by atoms with Crippen molar-refractivity contribution in [1.82, 2.24) is 4.90 Å².